The maximum absolute atomic E-state index is 13.3. The van der Waals surface area contributed by atoms with E-state index in [0.717, 1.165) is 35.9 Å². The van der Waals surface area contributed by atoms with E-state index in [0.29, 0.717) is 17.8 Å². The van der Waals surface area contributed by atoms with Gasteiger partial charge in [-0.3, -0.25) is 4.79 Å². The molecule has 3 aliphatic rings. The Morgan fingerprint density at radius 1 is 1.27 bits per heavy atom. The van der Waals surface area contributed by atoms with Gasteiger partial charge in [-0.05, 0) is 51.5 Å². The van der Waals surface area contributed by atoms with Crippen molar-refractivity contribution in [3.05, 3.63) is 58.3 Å². The van der Waals surface area contributed by atoms with Gasteiger partial charge in [0.1, 0.15) is 5.60 Å². The van der Waals surface area contributed by atoms with Gasteiger partial charge in [-0.1, -0.05) is 42.1 Å². The number of allylic oxidation sites excluding steroid dienone is 1. The van der Waals surface area contributed by atoms with Gasteiger partial charge in [-0.15, -0.1) is 0 Å². The number of carbonyl (C=O) groups is 2. The first-order valence-corrected chi connectivity index (χ1v) is 12.2. The van der Waals surface area contributed by atoms with E-state index in [2.05, 4.69) is 5.32 Å². The second-order valence-electron chi connectivity index (χ2n) is 9.42. The SMILES string of the molecule is CC1=C(C(=O)OC(C)(C)C)[C@H](c2ccccc2)N2C(CC(=O)NC[C@@H]3CCCO3)=CSC2=N1. The molecular weight excluding hydrogens is 438 g/mol. The lowest BCUT2D eigenvalue weighted by Gasteiger charge is -2.37. The second-order valence-corrected chi connectivity index (χ2v) is 10.3. The van der Waals surface area contributed by atoms with Gasteiger partial charge in [0.25, 0.3) is 0 Å². The fourth-order valence-corrected chi connectivity index (χ4v) is 5.14. The quantitative estimate of drug-likeness (QED) is 0.626. The van der Waals surface area contributed by atoms with Crippen LogP contribution in [0.4, 0.5) is 0 Å². The monoisotopic (exact) mass is 469 g/mol. The van der Waals surface area contributed by atoms with E-state index < -0.39 is 17.6 Å². The number of amidine groups is 1. The zero-order valence-corrected chi connectivity index (χ0v) is 20.4. The lowest BCUT2D eigenvalue weighted by Crippen LogP contribution is -2.39. The van der Waals surface area contributed by atoms with Crippen molar-refractivity contribution in [3.63, 3.8) is 0 Å². The number of amides is 1. The molecule has 0 unspecified atom stereocenters. The van der Waals surface area contributed by atoms with Crippen LogP contribution in [0.5, 0.6) is 0 Å². The van der Waals surface area contributed by atoms with Crippen LogP contribution in [0.25, 0.3) is 0 Å². The molecule has 1 aromatic carbocycles. The van der Waals surface area contributed by atoms with E-state index in [9.17, 15) is 9.59 Å². The first-order valence-electron chi connectivity index (χ1n) is 11.3. The molecule has 1 N–H and O–H groups in total. The van der Waals surface area contributed by atoms with Crippen LogP contribution in [-0.4, -0.2) is 46.8 Å². The summed E-state index contributed by atoms with van der Waals surface area (Å²) in [7, 11) is 0. The molecule has 8 heteroatoms. The fraction of sp³-hybridized carbons (Fsp3) is 0.480. The van der Waals surface area contributed by atoms with Crippen LogP contribution in [0.15, 0.2) is 57.7 Å². The Balaban J connectivity index is 1.60. The Bertz CT molecular complexity index is 1000. The number of fused-ring (bicyclic) bond motifs is 1. The van der Waals surface area contributed by atoms with E-state index in [-0.39, 0.29) is 18.4 Å². The number of hydrogen-bond acceptors (Lipinski definition) is 7. The van der Waals surface area contributed by atoms with Crippen molar-refractivity contribution in [1.82, 2.24) is 10.2 Å². The lowest BCUT2D eigenvalue weighted by atomic mass is 9.93. The third-order valence-electron chi connectivity index (χ3n) is 5.63. The first-order chi connectivity index (χ1) is 15.7. The average Bonchev–Trinajstić information content (AvgIpc) is 3.41. The number of thioether (sulfide) groups is 1. The number of nitrogens with zero attached hydrogens (tertiary/aromatic N) is 2. The number of nitrogens with one attached hydrogen (secondary N) is 1. The lowest BCUT2D eigenvalue weighted by molar-refractivity contribution is -0.150. The van der Waals surface area contributed by atoms with Gasteiger partial charge in [0.05, 0.1) is 29.8 Å². The summed E-state index contributed by atoms with van der Waals surface area (Å²) in [6, 6.07) is 9.40. The highest BCUT2D eigenvalue weighted by atomic mass is 32.2. The van der Waals surface area contributed by atoms with Gasteiger partial charge in [0.15, 0.2) is 5.17 Å². The number of carbonyl (C=O) groups excluding carboxylic acids is 2. The third kappa shape index (κ3) is 5.50. The third-order valence-corrected chi connectivity index (χ3v) is 6.52. The van der Waals surface area contributed by atoms with Crippen molar-refractivity contribution >= 4 is 28.8 Å². The molecule has 1 fully saturated rings. The topological polar surface area (TPSA) is 80.2 Å². The van der Waals surface area contributed by atoms with Gasteiger partial charge < -0.3 is 19.7 Å². The molecule has 3 heterocycles. The van der Waals surface area contributed by atoms with Crippen LogP contribution in [0.2, 0.25) is 0 Å². The van der Waals surface area contributed by atoms with E-state index in [4.69, 9.17) is 14.5 Å². The minimum absolute atomic E-state index is 0.0736. The van der Waals surface area contributed by atoms with Crippen molar-refractivity contribution in [1.29, 1.82) is 0 Å². The highest BCUT2D eigenvalue weighted by molar-refractivity contribution is 8.16. The van der Waals surface area contributed by atoms with Crippen LogP contribution >= 0.6 is 11.8 Å². The van der Waals surface area contributed by atoms with E-state index in [1.807, 2.05) is 68.3 Å². The first kappa shape index (κ1) is 23.6. The number of benzene rings is 1. The molecule has 1 amide bonds. The number of aliphatic imine (C=N–C) groups is 1. The molecule has 33 heavy (non-hydrogen) atoms. The Labute approximate surface area is 199 Å². The Morgan fingerprint density at radius 2 is 2.03 bits per heavy atom. The van der Waals surface area contributed by atoms with Crippen molar-refractivity contribution < 1.29 is 19.1 Å². The molecule has 0 saturated carbocycles. The summed E-state index contributed by atoms with van der Waals surface area (Å²) in [5.41, 5.74) is 2.25. The average molecular weight is 470 g/mol. The van der Waals surface area contributed by atoms with Crippen molar-refractivity contribution in [2.75, 3.05) is 13.2 Å². The van der Waals surface area contributed by atoms with Gasteiger partial charge in [0.2, 0.25) is 5.91 Å². The maximum atomic E-state index is 13.3. The molecule has 1 saturated heterocycles. The molecule has 1 aromatic rings. The van der Waals surface area contributed by atoms with Crippen LogP contribution in [-0.2, 0) is 19.1 Å². The summed E-state index contributed by atoms with van der Waals surface area (Å²) < 4.78 is 11.4. The fourth-order valence-electron chi connectivity index (χ4n) is 4.17. The molecular formula is C25H31N3O4S. The highest BCUT2D eigenvalue weighted by Gasteiger charge is 2.41. The van der Waals surface area contributed by atoms with Gasteiger partial charge in [-0.25, -0.2) is 9.79 Å². The molecule has 0 bridgehead atoms. The molecule has 176 valence electrons. The maximum Gasteiger partial charge on any atom is 0.338 e. The van der Waals surface area contributed by atoms with Gasteiger partial charge in [-0.2, -0.15) is 0 Å². The molecule has 7 nitrogen and oxygen atoms in total. The summed E-state index contributed by atoms with van der Waals surface area (Å²) in [4.78, 5) is 32.7. The smallest absolute Gasteiger partial charge is 0.338 e. The minimum Gasteiger partial charge on any atom is -0.456 e. The predicted octanol–water partition coefficient (Wildman–Crippen LogP) is 4.29. The van der Waals surface area contributed by atoms with Crippen LogP contribution in [0, 0.1) is 0 Å². The summed E-state index contributed by atoms with van der Waals surface area (Å²) >= 11 is 1.47. The molecule has 0 radical (unpaired) electrons. The largest absolute Gasteiger partial charge is 0.456 e. The number of ether oxygens (including phenoxy) is 2. The molecule has 3 aliphatic heterocycles. The van der Waals surface area contributed by atoms with Crippen molar-refractivity contribution in [2.45, 2.75) is 64.7 Å². The summed E-state index contributed by atoms with van der Waals surface area (Å²) in [6.45, 7) is 8.67. The highest BCUT2D eigenvalue weighted by Crippen LogP contribution is 2.45. The number of rotatable bonds is 6. The van der Waals surface area contributed by atoms with Crippen molar-refractivity contribution in [3.8, 4) is 0 Å². The van der Waals surface area contributed by atoms with E-state index in [1.54, 1.807) is 0 Å². The minimum atomic E-state index is -0.629. The zero-order chi connectivity index (χ0) is 23.6. The number of esters is 1. The second kappa shape index (κ2) is 9.73. The normalized spacial score (nSPS) is 22.6. The van der Waals surface area contributed by atoms with Crippen LogP contribution in [0.3, 0.4) is 0 Å². The predicted molar refractivity (Wildman–Crippen MR) is 129 cm³/mol. The van der Waals surface area contributed by atoms with Crippen LogP contribution in [0.1, 0.15) is 58.6 Å². The standard InChI is InChI=1S/C25H31N3O4S/c1-16-21(23(30)32-25(2,3)4)22(17-9-6-5-7-10-17)28-18(15-33-24(28)27-16)13-20(29)26-14-19-11-8-12-31-19/h5-7,9-10,15,19,22H,8,11-14H2,1-4H3,(H,26,29)/t19-,22-/m0/s1. The molecule has 0 aromatic heterocycles. The van der Waals surface area contributed by atoms with Gasteiger partial charge in [0, 0.05) is 18.8 Å². The molecule has 0 spiro atoms. The van der Waals surface area contributed by atoms with E-state index >= 15 is 0 Å². The molecule has 2 atom stereocenters. The summed E-state index contributed by atoms with van der Waals surface area (Å²) in [5.74, 6) is -0.466. The Morgan fingerprint density at radius 3 is 2.70 bits per heavy atom. The van der Waals surface area contributed by atoms with Crippen LogP contribution < -0.4 is 5.32 Å². The molecule has 4 rings (SSSR count). The Hall–Kier alpha value is -2.58. The van der Waals surface area contributed by atoms with E-state index in [1.165, 1.54) is 11.8 Å². The molecule has 0 aliphatic carbocycles. The number of hydrogen-bond donors (Lipinski definition) is 1. The summed E-state index contributed by atoms with van der Waals surface area (Å²) in [6.07, 6.45) is 2.30. The van der Waals surface area contributed by atoms with Crippen molar-refractivity contribution in [2.24, 2.45) is 4.99 Å². The summed E-state index contributed by atoms with van der Waals surface area (Å²) in [5, 5.41) is 5.70. The Kier molecular flexibility index (Phi) is 6.95. The van der Waals surface area contributed by atoms with Gasteiger partial charge >= 0.3 is 5.97 Å². The zero-order valence-electron chi connectivity index (χ0n) is 19.6.